The fraction of sp³-hybridized carbons (Fsp3) is 1.00. The van der Waals surface area contributed by atoms with E-state index in [1.54, 1.807) is 0 Å². The van der Waals surface area contributed by atoms with E-state index in [-0.39, 0.29) is 17.4 Å². The summed E-state index contributed by atoms with van der Waals surface area (Å²) in [6, 6.07) is 0. The molecule has 0 saturated heterocycles. The van der Waals surface area contributed by atoms with Crippen LogP contribution < -0.4 is 0 Å². The fourth-order valence-corrected chi connectivity index (χ4v) is 1.60. The van der Waals surface area contributed by atoms with E-state index in [4.69, 9.17) is 5.11 Å². The van der Waals surface area contributed by atoms with Gasteiger partial charge in [0.15, 0.2) is 0 Å². The van der Waals surface area contributed by atoms with Crippen molar-refractivity contribution in [3.8, 4) is 0 Å². The van der Waals surface area contributed by atoms with Crippen molar-refractivity contribution >= 4 is 17.4 Å². The average Bonchev–Trinajstić information content (AvgIpc) is 2.16. The summed E-state index contributed by atoms with van der Waals surface area (Å²) in [6.45, 7) is 2.63. The van der Waals surface area contributed by atoms with Gasteiger partial charge < -0.3 is 5.11 Å². The Bertz CT molecular complexity index is 76.4. The van der Waals surface area contributed by atoms with Gasteiger partial charge in [0.2, 0.25) is 0 Å². The molecule has 0 rings (SSSR count). The third-order valence-electron chi connectivity index (χ3n) is 2.51. The molecule has 0 aromatic carbocycles. The molecule has 0 aliphatic heterocycles. The van der Waals surface area contributed by atoms with Gasteiger partial charge in [-0.25, -0.2) is 0 Å². The SMILES string of the molecule is CCCCCCCCCCCCO.[Al+3]. The van der Waals surface area contributed by atoms with E-state index in [1.807, 2.05) is 0 Å². The largest absolute Gasteiger partial charge is 3.00 e. The number of hydrogen-bond donors (Lipinski definition) is 1. The molecule has 1 nitrogen and oxygen atoms in total. The monoisotopic (exact) mass is 213 g/mol. The first-order valence-electron chi connectivity index (χ1n) is 6.02. The zero-order chi connectivity index (χ0) is 9.78. The normalized spacial score (nSPS) is 9.86. The Balaban J connectivity index is 0. The topological polar surface area (TPSA) is 20.2 Å². The van der Waals surface area contributed by atoms with E-state index < -0.39 is 0 Å². The van der Waals surface area contributed by atoms with Crippen LogP contribution in [0.15, 0.2) is 0 Å². The minimum atomic E-state index is 0. The number of hydrogen-bond acceptors (Lipinski definition) is 1. The molecular weight excluding hydrogens is 187 g/mol. The third kappa shape index (κ3) is 15.0. The van der Waals surface area contributed by atoms with E-state index in [0.717, 1.165) is 6.42 Å². The van der Waals surface area contributed by atoms with Crippen LogP contribution >= 0.6 is 0 Å². The van der Waals surface area contributed by atoms with E-state index >= 15 is 0 Å². The maximum Gasteiger partial charge on any atom is 3.00 e. The van der Waals surface area contributed by atoms with E-state index in [9.17, 15) is 0 Å². The Kier molecular flexibility index (Phi) is 19.3. The van der Waals surface area contributed by atoms with Crippen molar-refractivity contribution in [2.24, 2.45) is 0 Å². The molecule has 0 aliphatic rings. The van der Waals surface area contributed by atoms with Crippen LogP contribution in [0.4, 0.5) is 0 Å². The minimum absolute atomic E-state index is 0. The van der Waals surface area contributed by atoms with Crippen LogP contribution in [-0.2, 0) is 0 Å². The van der Waals surface area contributed by atoms with Crippen LogP contribution in [-0.4, -0.2) is 29.1 Å². The molecule has 0 aromatic rings. The van der Waals surface area contributed by atoms with Crippen molar-refractivity contribution in [3.63, 3.8) is 0 Å². The number of aliphatic hydroxyl groups is 1. The molecular formula is C12H26AlO+3. The second-order valence-electron chi connectivity index (χ2n) is 3.91. The zero-order valence-electron chi connectivity index (χ0n) is 9.80. The summed E-state index contributed by atoms with van der Waals surface area (Å²) in [4.78, 5) is 0. The van der Waals surface area contributed by atoms with Crippen LogP contribution in [0, 0.1) is 0 Å². The van der Waals surface area contributed by atoms with Crippen LogP contribution in [0.2, 0.25) is 0 Å². The van der Waals surface area contributed by atoms with Crippen molar-refractivity contribution in [2.45, 2.75) is 71.1 Å². The van der Waals surface area contributed by atoms with Gasteiger partial charge in [0.05, 0.1) is 0 Å². The van der Waals surface area contributed by atoms with Crippen molar-refractivity contribution in [2.75, 3.05) is 6.61 Å². The van der Waals surface area contributed by atoms with Crippen molar-refractivity contribution in [1.29, 1.82) is 0 Å². The van der Waals surface area contributed by atoms with Gasteiger partial charge in [-0.1, -0.05) is 64.7 Å². The molecule has 0 saturated carbocycles. The zero-order valence-corrected chi connectivity index (χ0v) is 11.0. The fourth-order valence-electron chi connectivity index (χ4n) is 1.60. The molecule has 0 amide bonds. The average molecular weight is 213 g/mol. The van der Waals surface area contributed by atoms with Crippen molar-refractivity contribution < 1.29 is 5.11 Å². The van der Waals surface area contributed by atoms with Gasteiger partial charge in [0, 0.05) is 6.61 Å². The molecule has 0 fully saturated rings. The summed E-state index contributed by atoms with van der Waals surface area (Å²) < 4.78 is 0. The van der Waals surface area contributed by atoms with E-state index in [2.05, 4.69) is 6.92 Å². The summed E-state index contributed by atoms with van der Waals surface area (Å²) in [5.74, 6) is 0. The Morgan fingerprint density at radius 2 is 1.00 bits per heavy atom. The second kappa shape index (κ2) is 15.9. The van der Waals surface area contributed by atoms with Crippen LogP contribution in [0.1, 0.15) is 71.1 Å². The predicted octanol–water partition coefficient (Wildman–Crippen LogP) is 3.52. The first-order chi connectivity index (χ1) is 6.41. The summed E-state index contributed by atoms with van der Waals surface area (Å²) in [7, 11) is 0. The molecule has 2 heteroatoms. The first kappa shape index (κ1) is 16.9. The van der Waals surface area contributed by atoms with Crippen LogP contribution in [0.5, 0.6) is 0 Å². The van der Waals surface area contributed by atoms with Gasteiger partial charge >= 0.3 is 17.4 Å². The number of unbranched alkanes of at least 4 members (excludes halogenated alkanes) is 9. The smallest absolute Gasteiger partial charge is 0.396 e. The summed E-state index contributed by atoms with van der Waals surface area (Å²) in [5.41, 5.74) is 0. The Labute approximate surface area is 100 Å². The summed E-state index contributed by atoms with van der Waals surface area (Å²) >= 11 is 0. The van der Waals surface area contributed by atoms with Gasteiger partial charge in [0.1, 0.15) is 0 Å². The summed E-state index contributed by atoms with van der Waals surface area (Å²) in [6.07, 6.45) is 13.3. The standard InChI is InChI=1S/C12H26O.Al/c1-2-3-4-5-6-7-8-9-10-11-12-13;/h13H,2-12H2,1H3;/q;+3. The molecule has 0 atom stereocenters. The molecule has 0 radical (unpaired) electrons. The maximum atomic E-state index is 8.57. The van der Waals surface area contributed by atoms with Gasteiger partial charge in [-0.15, -0.1) is 0 Å². The number of aliphatic hydroxyl groups excluding tert-OH is 1. The van der Waals surface area contributed by atoms with Crippen molar-refractivity contribution in [3.05, 3.63) is 0 Å². The van der Waals surface area contributed by atoms with Gasteiger partial charge in [0.25, 0.3) is 0 Å². The van der Waals surface area contributed by atoms with Crippen molar-refractivity contribution in [1.82, 2.24) is 0 Å². The number of rotatable bonds is 10. The molecule has 0 bridgehead atoms. The molecule has 14 heavy (non-hydrogen) atoms. The first-order valence-corrected chi connectivity index (χ1v) is 6.02. The molecule has 0 aliphatic carbocycles. The molecule has 0 unspecified atom stereocenters. The quantitative estimate of drug-likeness (QED) is 0.435. The predicted molar refractivity (Wildman–Crippen MR) is 64.7 cm³/mol. The summed E-state index contributed by atoms with van der Waals surface area (Å²) in [5, 5.41) is 8.57. The van der Waals surface area contributed by atoms with E-state index in [1.165, 1.54) is 57.8 Å². The van der Waals surface area contributed by atoms with Crippen LogP contribution in [0.3, 0.4) is 0 Å². The van der Waals surface area contributed by atoms with Crippen LogP contribution in [0.25, 0.3) is 0 Å². The Morgan fingerprint density at radius 1 is 0.643 bits per heavy atom. The van der Waals surface area contributed by atoms with Gasteiger partial charge in [-0.3, -0.25) is 0 Å². The van der Waals surface area contributed by atoms with Gasteiger partial charge in [-0.05, 0) is 6.42 Å². The Hall–Kier alpha value is 0.492. The molecule has 80 valence electrons. The second-order valence-corrected chi connectivity index (χ2v) is 3.91. The maximum absolute atomic E-state index is 8.57. The molecule has 0 heterocycles. The Morgan fingerprint density at radius 3 is 1.36 bits per heavy atom. The van der Waals surface area contributed by atoms with Gasteiger partial charge in [-0.2, -0.15) is 0 Å². The molecule has 1 N–H and O–H groups in total. The molecule has 0 aromatic heterocycles. The minimum Gasteiger partial charge on any atom is -0.396 e. The van der Waals surface area contributed by atoms with E-state index in [0.29, 0.717) is 6.61 Å². The third-order valence-corrected chi connectivity index (χ3v) is 2.51. The molecule has 0 spiro atoms.